The van der Waals surface area contributed by atoms with Crippen molar-refractivity contribution in [2.24, 2.45) is 0 Å². The summed E-state index contributed by atoms with van der Waals surface area (Å²) in [6.07, 6.45) is 1.13. The van der Waals surface area contributed by atoms with Gasteiger partial charge in [-0.25, -0.2) is 0 Å². The average Bonchev–Trinajstić information content (AvgIpc) is 2.85. The van der Waals surface area contributed by atoms with E-state index in [0.29, 0.717) is 10.2 Å². The number of anilines is 2. The molecular weight excluding hydrogens is 296 g/mol. The van der Waals surface area contributed by atoms with E-state index in [4.69, 9.17) is 12.2 Å². The number of thioether (sulfide) groups is 1. The van der Waals surface area contributed by atoms with Gasteiger partial charge in [-0.05, 0) is 30.8 Å². The van der Waals surface area contributed by atoms with E-state index in [9.17, 15) is 0 Å². The Hall–Kier alpha value is -1.18. The second-order valence-electron chi connectivity index (χ2n) is 3.67. The normalized spacial score (nSPS) is 10.2. The second kappa shape index (κ2) is 7.42. The van der Waals surface area contributed by atoms with Gasteiger partial charge in [0, 0.05) is 11.4 Å². The molecular formula is C12H14N4S3. The van der Waals surface area contributed by atoms with Crippen LogP contribution in [0.2, 0.25) is 0 Å². The Morgan fingerprint density at radius 3 is 2.79 bits per heavy atom. The van der Waals surface area contributed by atoms with Gasteiger partial charge in [0.15, 0.2) is 9.45 Å². The predicted octanol–water partition coefficient (Wildman–Crippen LogP) is 3.85. The Bertz CT molecular complexity index is 527. The van der Waals surface area contributed by atoms with E-state index in [1.54, 1.807) is 11.8 Å². The topological polar surface area (TPSA) is 49.8 Å². The van der Waals surface area contributed by atoms with Gasteiger partial charge in [0.2, 0.25) is 5.13 Å². The summed E-state index contributed by atoms with van der Waals surface area (Å²) in [6, 6.07) is 9.78. The fourth-order valence-corrected chi connectivity index (χ4v) is 3.25. The highest BCUT2D eigenvalue weighted by Gasteiger charge is 2.06. The maximum atomic E-state index is 5.22. The standard InChI is InChI=1S/C12H14N4S3/c1-2-8-18-12-16-15-11(19-12)14-10(17)13-9-6-4-3-5-7-9/h3-7H,2,8H2,1H3,(H2,13,14,15,17). The molecule has 1 heterocycles. The van der Waals surface area contributed by atoms with E-state index in [1.807, 2.05) is 30.3 Å². The van der Waals surface area contributed by atoms with E-state index < -0.39 is 0 Å². The molecule has 0 aliphatic carbocycles. The number of aromatic nitrogens is 2. The molecule has 0 spiro atoms. The number of para-hydroxylation sites is 1. The first-order valence-corrected chi connectivity index (χ1v) is 8.08. The SMILES string of the molecule is CCCSc1nnc(NC(=S)Nc2ccccc2)s1. The molecule has 100 valence electrons. The molecule has 0 unspecified atom stereocenters. The van der Waals surface area contributed by atoms with Crippen molar-refractivity contribution in [3.8, 4) is 0 Å². The Morgan fingerprint density at radius 1 is 1.26 bits per heavy atom. The van der Waals surface area contributed by atoms with Crippen LogP contribution in [0.1, 0.15) is 13.3 Å². The third kappa shape index (κ3) is 4.77. The molecule has 0 amide bonds. The van der Waals surface area contributed by atoms with Crippen molar-refractivity contribution < 1.29 is 0 Å². The summed E-state index contributed by atoms with van der Waals surface area (Å²) in [5.74, 6) is 1.06. The predicted molar refractivity (Wildman–Crippen MR) is 87.2 cm³/mol. The van der Waals surface area contributed by atoms with Crippen LogP contribution in [-0.2, 0) is 0 Å². The lowest BCUT2D eigenvalue weighted by Gasteiger charge is -2.07. The fourth-order valence-electron chi connectivity index (χ4n) is 1.29. The number of hydrogen-bond acceptors (Lipinski definition) is 5. The van der Waals surface area contributed by atoms with Gasteiger partial charge in [0.25, 0.3) is 0 Å². The van der Waals surface area contributed by atoms with Crippen LogP contribution < -0.4 is 10.6 Å². The summed E-state index contributed by atoms with van der Waals surface area (Å²) in [6.45, 7) is 2.14. The zero-order valence-electron chi connectivity index (χ0n) is 10.4. The van der Waals surface area contributed by atoms with Gasteiger partial charge in [-0.3, -0.25) is 0 Å². The van der Waals surface area contributed by atoms with Gasteiger partial charge in [0.05, 0.1) is 0 Å². The second-order valence-corrected chi connectivity index (χ2v) is 6.39. The summed E-state index contributed by atoms with van der Waals surface area (Å²) in [5.41, 5.74) is 0.949. The van der Waals surface area contributed by atoms with E-state index >= 15 is 0 Å². The van der Waals surface area contributed by atoms with Gasteiger partial charge in [-0.1, -0.05) is 48.2 Å². The summed E-state index contributed by atoms with van der Waals surface area (Å²) in [4.78, 5) is 0. The molecule has 4 nitrogen and oxygen atoms in total. The number of benzene rings is 1. The van der Waals surface area contributed by atoms with Crippen molar-refractivity contribution in [2.75, 3.05) is 16.4 Å². The van der Waals surface area contributed by atoms with E-state index in [2.05, 4.69) is 27.8 Å². The number of nitrogens with one attached hydrogen (secondary N) is 2. The molecule has 2 aromatic rings. The molecule has 0 saturated carbocycles. The molecule has 0 atom stereocenters. The third-order valence-electron chi connectivity index (χ3n) is 2.09. The van der Waals surface area contributed by atoms with Crippen LogP contribution in [-0.4, -0.2) is 21.1 Å². The Morgan fingerprint density at radius 2 is 2.05 bits per heavy atom. The lowest BCUT2D eigenvalue weighted by molar-refractivity contribution is 1.01. The van der Waals surface area contributed by atoms with Crippen LogP contribution in [0.4, 0.5) is 10.8 Å². The number of hydrogen-bond donors (Lipinski definition) is 2. The average molecular weight is 310 g/mol. The maximum Gasteiger partial charge on any atom is 0.212 e. The largest absolute Gasteiger partial charge is 0.332 e. The number of thiocarbonyl (C=S) groups is 1. The number of nitrogens with zero attached hydrogens (tertiary/aromatic N) is 2. The maximum absolute atomic E-state index is 5.22. The first-order valence-electron chi connectivity index (χ1n) is 5.87. The Labute approximate surface area is 126 Å². The van der Waals surface area contributed by atoms with Crippen LogP contribution in [0.15, 0.2) is 34.7 Å². The third-order valence-corrected chi connectivity index (χ3v) is 4.47. The summed E-state index contributed by atoms with van der Waals surface area (Å²) >= 11 is 8.45. The molecule has 7 heteroatoms. The minimum atomic E-state index is 0.523. The van der Waals surface area contributed by atoms with Crippen molar-refractivity contribution in [1.29, 1.82) is 0 Å². The Kier molecular flexibility index (Phi) is 5.56. The molecule has 0 radical (unpaired) electrons. The van der Waals surface area contributed by atoms with Gasteiger partial charge in [0.1, 0.15) is 0 Å². The molecule has 2 rings (SSSR count). The zero-order chi connectivity index (χ0) is 13.5. The van der Waals surface area contributed by atoms with Crippen molar-refractivity contribution in [3.05, 3.63) is 30.3 Å². The van der Waals surface area contributed by atoms with Crippen LogP contribution >= 0.6 is 35.3 Å². The highest BCUT2D eigenvalue weighted by molar-refractivity contribution is 8.01. The van der Waals surface area contributed by atoms with Crippen LogP contribution in [0, 0.1) is 0 Å². The monoisotopic (exact) mass is 310 g/mol. The zero-order valence-corrected chi connectivity index (χ0v) is 12.9. The van der Waals surface area contributed by atoms with Crippen molar-refractivity contribution in [1.82, 2.24) is 10.2 Å². The Balaban J connectivity index is 1.86. The summed E-state index contributed by atoms with van der Waals surface area (Å²) in [7, 11) is 0. The lowest BCUT2D eigenvalue weighted by atomic mass is 10.3. The fraction of sp³-hybridized carbons (Fsp3) is 0.250. The van der Waals surface area contributed by atoms with Crippen molar-refractivity contribution in [3.63, 3.8) is 0 Å². The summed E-state index contributed by atoms with van der Waals surface area (Å²) in [5, 5.41) is 15.5. The molecule has 0 aliphatic rings. The molecule has 0 aliphatic heterocycles. The highest BCUT2D eigenvalue weighted by Crippen LogP contribution is 2.25. The lowest BCUT2D eigenvalue weighted by Crippen LogP contribution is -2.18. The molecule has 0 bridgehead atoms. The van der Waals surface area contributed by atoms with Gasteiger partial charge in [-0.2, -0.15) is 0 Å². The first-order chi connectivity index (χ1) is 9.28. The molecule has 19 heavy (non-hydrogen) atoms. The molecule has 0 saturated heterocycles. The van der Waals surface area contributed by atoms with Crippen LogP contribution in [0.5, 0.6) is 0 Å². The van der Waals surface area contributed by atoms with E-state index in [0.717, 1.165) is 22.2 Å². The van der Waals surface area contributed by atoms with Crippen LogP contribution in [0.3, 0.4) is 0 Å². The summed E-state index contributed by atoms with van der Waals surface area (Å²) < 4.78 is 0.965. The number of rotatable bonds is 5. The van der Waals surface area contributed by atoms with Gasteiger partial charge < -0.3 is 10.6 Å². The first kappa shape index (κ1) is 14.2. The minimum absolute atomic E-state index is 0.523. The smallest absolute Gasteiger partial charge is 0.212 e. The van der Waals surface area contributed by atoms with Crippen molar-refractivity contribution in [2.45, 2.75) is 17.7 Å². The molecule has 2 N–H and O–H groups in total. The van der Waals surface area contributed by atoms with Gasteiger partial charge in [-0.15, -0.1) is 10.2 Å². The van der Waals surface area contributed by atoms with Crippen LogP contribution in [0.25, 0.3) is 0 Å². The van der Waals surface area contributed by atoms with Crippen molar-refractivity contribution >= 4 is 51.2 Å². The van der Waals surface area contributed by atoms with E-state index in [1.165, 1.54) is 11.3 Å². The quantitative estimate of drug-likeness (QED) is 0.646. The molecule has 0 fully saturated rings. The molecule has 1 aromatic carbocycles. The minimum Gasteiger partial charge on any atom is -0.332 e. The van der Waals surface area contributed by atoms with Gasteiger partial charge >= 0.3 is 0 Å². The molecule has 1 aromatic heterocycles. The van der Waals surface area contributed by atoms with E-state index in [-0.39, 0.29) is 0 Å². The highest BCUT2D eigenvalue weighted by atomic mass is 32.2.